The summed E-state index contributed by atoms with van der Waals surface area (Å²) >= 11 is 1.78. The summed E-state index contributed by atoms with van der Waals surface area (Å²) < 4.78 is 0. The standard InChI is InChI=1S/C21H33N3O2S/c1-16(2)19(22-20(25)17-7-4-3-5-8-17)21(26)24-12-10-23(11-13-24)15-18-9-6-14-27-18/h6,9,14,16-17,19H,3-5,7-8,10-13,15H2,1-2H3,(H,22,25)/t19-/m1/s1. The first-order chi connectivity index (χ1) is 13.0. The number of hydrogen-bond donors (Lipinski definition) is 1. The zero-order valence-electron chi connectivity index (χ0n) is 16.7. The first kappa shape index (κ1) is 20.3. The van der Waals surface area contributed by atoms with E-state index in [0.29, 0.717) is 0 Å². The summed E-state index contributed by atoms with van der Waals surface area (Å²) in [5.41, 5.74) is 0. The van der Waals surface area contributed by atoms with Gasteiger partial charge < -0.3 is 10.2 Å². The van der Waals surface area contributed by atoms with E-state index in [-0.39, 0.29) is 23.7 Å². The predicted octanol–water partition coefficient (Wildman–Crippen LogP) is 3.11. The lowest BCUT2D eigenvalue weighted by Crippen LogP contribution is -2.56. The van der Waals surface area contributed by atoms with E-state index < -0.39 is 6.04 Å². The molecule has 6 heteroatoms. The van der Waals surface area contributed by atoms with Crippen LogP contribution in [0.2, 0.25) is 0 Å². The highest BCUT2D eigenvalue weighted by Crippen LogP contribution is 2.24. The molecular weight excluding hydrogens is 358 g/mol. The molecule has 1 saturated carbocycles. The van der Waals surface area contributed by atoms with E-state index in [9.17, 15) is 9.59 Å². The van der Waals surface area contributed by atoms with Crippen LogP contribution in [0.4, 0.5) is 0 Å². The first-order valence-corrected chi connectivity index (χ1v) is 11.3. The number of piperazine rings is 1. The third-order valence-electron chi connectivity index (χ3n) is 5.85. The molecule has 27 heavy (non-hydrogen) atoms. The maximum Gasteiger partial charge on any atom is 0.245 e. The number of thiophene rings is 1. The van der Waals surface area contributed by atoms with Gasteiger partial charge in [-0.2, -0.15) is 0 Å². The lowest BCUT2D eigenvalue weighted by Gasteiger charge is -2.37. The fourth-order valence-electron chi connectivity index (χ4n) is 4.10. The summed E-state index contributed by atoms with van der Waals surface area (Å²) in [5, 5.41) is 5.20. The van der Waals surface area contributed by atoms with Crippen molar-refractivity contribution in [2.75, 3.05) is 26.2 Å². The molecule has 0 unspecified atom stereocenters. The number of carbonyl (C=O) groups is 2. The van der Waals surface area contributed by atoms with Crippen LogP contribution in [0.3, 0.4) is 0 Å². The van der Waals surface area contributed by atoms with E-state index in [1.807, 2.05) is 18.7 Å². The number of carbonyl (C=O) groups excluding carboxylic acids is 2. The summed E-state index contributed by atoms with van der Waals surface area (Å²) in [6.45, 7) is 8.29. The van der Waals surface area contributed by atoms with Crippen LogP contribution in [0.25, 0.3) is 0 Å². The van der Waals surface area contributed by atoms with Crippen LogP contribution >= 0.6 is 11.3 Å². The van der Waals surface area contributed by atoms with Gasteiger partial charge in [0.15, 0.2) is 0 Å². The largest absolute Gasteiger partial charge is 0.344 e. The summed E-state index contributed by atoms with van der Waals surface area (Å²) in [4.78, 5) is 31.4. The first-order valence-electron chi connectivity index (χ1n) is 10.4. The van der Waals surface area contributed by atoms with Crippen LogP contribution in [0.1, 0.15) is 50.8 Å². The molecule has 0 aromatic carbocycles. The summed E-state index contributed by atoms with van der Waals surface area (Å²) in [6.07, 6.45) is 5.42. The molecule has 2 fully saturated rings. The van der Waals surface area contributed by atoms with Gasteiger partial charge in [0.1, 0.15) is 6.04 Å². The number of amides is 2. The Kier molecular flexibility index (Phi) is 7.30. The second kappa shape index (κ2) is 9.69. The van der Waals surface area contributed by atoms with E-state index in [2.05, 4.69) is 27.7 Å². The molecule has 3 rings (SSSR count). The number of nitrogens with zero attached hydrogens (tertiary/aromatic N) is 2. The molecule has 2 aliphatic rings. The van der Waals surface area contributed by atoms with Gasteiger partial charge in [0, 0.05) is 43.5 Å². The minimum Gasteiger partial charge on any atom is -0.344 e. The molecule has 0 radical (unpaired) electrons. The van der Waals surface area contributed by atoms with Crippen molar-refractivity contribution >= 4 is 23.2 Å². The van der Waals surface area contributed by atoms with E-state index in [0.717, 1.165) is 58.4 Å². The molecule has 2 amide bonds. The van der Waals surface area contributed by atoms with Crippen LogP contribution in [0.5, 0.6) is 0 Å². The Bertz CT molecular complexity index is 603. The Hall–Kier alpha value is -1.40. The molecule has 1 aliphatic carbocycles. The smallest absolute Gasteiger partial charge is 0.245 e. The molecule has 2 heterocycles. The van der Waals surface area contributed by atoms with Gasteiger partial charge in [-0.3, -0.25) is 14.5 Å². The maximum atomic E-state index is 13.1. The predicted molar refractivity (Wildman–Crippen MR) is 110 cm³/mol. The number of hydrogen-bond acceptors (Lipinski definition) is 4. The maximum absolute atomic E-state index is 13.1. The van der Waals surface area contributed by atoms with E-state index in [1.165, 1.54) is 11.3 Å². The van der Waals surface area contributed by atoms with E-state index >= 15 is 0 Å². The molecular formula is C21H33N3O2S. The van der Waals surface area contributed by atoms with E-state index in [4.69, 9.17) is 0 Å². The molecule has 1 atom stereocenters. The molecule has 150 valence electrons. The average Bonchev–Trinajstić information content (AvgIpc) is 3.19. The molecule has 1 aliphatic heterocycles. The second-order valence-corrected chi connectivity index (χ2v) is 9.28. The molecule has 0 spiro atoms. The Labute approximate surface area is 167 Å². The molecule has 1 aromatic rings. The normalized spacial score (nSPS) is 20.6. The average molecular weight is 392 g/mol. The van der Waals surface area contributed by atoms with Crippen LogP contribution in [0.15, 0.2) is 17.5 Å². The van der Waals surface area contributed by atoms with Gasteiger partial charge in [0.2, 0.25) is 11.8 Å². The van der Waals surface area contributed by atoms with Gasteiger partial charge in [-0.1, -0.05) is 39.2 Å². The molecule has 1 N–H and O–H groups in total. The Morgan fingerprint density at radius 3 is 2.44 bits per heavy atom. The summed E-state index contributed by atoms with van der Waals surface area (Å²) in [5.74, 6) is 0.368. The van der Waals surface area contributed by atoms with Gasteiger partial charge in [-0.25, -0.2) is 0 Å². The highest BCUT2D eigenvalue weighted by Gasteiger charge is 2.32. The zero-order valence-corrected chi connectivity index (χ0v) is 17.5. The zero-order chi connectivity index (χ0) is 19.2. The third-order valence-corrected chi connectivity index (χ3v) is 6.71. The van der Waals surface area contributed by atoms with Crippen molar-refractivity contribution < 1.29 is 9.59 Å². The van der Waals surface area contributed by atoms with Gasteiger partial charge in [-0.05, 0) is 30.2 Å². The topological polar surface area (TPSA) is 52.7 Å². The Morgan fingerprint density at radius 2 is 1.85 bits per heavy atom. The van der Waals surface area contributed by atoms with Crippen molar-refractivity contribution in [2.45, 2.75) is 58.5 Å². The van der Waals surface area contributed by atoms with Crippen molar-refractivity contribution in [3.05, 3.63) is 22.4 Å². The van der Waals surface area contributed by atoms with Crippen LogP contribution < -0.4 is 5.32 Å². The quantitative estimate of drug-likeness (QED) is 0.811. The molecule has 1 saturated heterocycles. The van der Waals surface area contributed by atoms with Gasteiger partial charge in [0.25, 0.3) is 0 Å². The summed E-state index contributed by atoms with van der Waals surface area (Å²) in [6, 6.07) is 3.85. The number of nitrogens with one attached hydrogen (secondary N) is 1. The minimum absolute atomic E-state index is 0.0816. The van der Waals surface area contributed by atoms with Crippen molar-refractivity contribution in [3.8, 4) is 0 Å². The molecule has 1 aromatic heterocycles. The minimum atomic E-state index is -0.400. The third kappa shape index (κ3) is 5.55. The fraction of sp³-hybridized carbons (Fsp3) is 0.714. The van der Waals surface area contributed by atoms with Crippen LogP contribution in [0, 0.1) is 11.8 Å². The second-order valence-electron chi connectivity index (χ2n) is 8.25. The van der Waals surface area contributed by atoms with Crippen molar-refractivity contribution in [3.63, 3.8) is 0 Å². The van der Waals surface area contributed by atoms with Gasteiger partial charge >= 0.3 is 0 Å². The van der Waals surface area contributed by atoms with Crippen LogP contribution in [-0.2, 0) is 16.1 Å². The van der Waals surface area contributed by atoms with Gasteiger partial charge in [0.05, 0.1) is 0 Å². The lowest BCUT2D eigenvalue weighted by molar-refractivity contribution is -0.140. The Morgan fingerprint density at radius 1 is 1.15 bits per heavy atom. The van der Waals surface area contributed by atoms with Crippen molar-refractivity contribution in [1.82, 2.24) is 15.1 Å². The highest BCUT2D eigenvalue weighted by atomic mass is 32.1. The van der Waals surface area contributed by atoms with Crippen molar-refractivity contribution in [2.24, 2.45) is 11.8 Å². The molecule has 5 nitrogen and oxygen atoms in total. The Balaban J connectivity index is 1.51. The summed E-state index contributed by atoms with van der Waals surface area (Å²) in [7, 11) is 0. The van der Waals surface area contributed by atoms with Crippen LogP contribution in [-0.4, -0.2) is 53.8 Å². The SMILES string of the molecule is CC(C)[C@@H](NC(=O)C1CCCCC1)C(=O)N1CCN(Cc2cccs2)CC1. The number of rotatable bonds is 6. The van der Waals surface area contributed by atoms with Crippen molar-refractivity contribution in [1.29, 1.82) is 0 Å². The van der Waals surface area contributed by atoms with Gasteiger partial charge in [-0.15, -0.1) is 11.3 Å². The monoisotopic (exact) mass is 391 g/mol. The fourth-order valence-corrected chi connectivity index (χ4v) is 4.84. The highest BCUT2D eigenvalue weighted by molar-refractivity contribution is 7.09. The van der Waals surface area contributed by atoms with E-state index in [1.54, 1.807) is 11.3 Å². The lowest BCUT2D eigenvalue weighted by atomic mass is 9.88. The molecule has 0 bridgehead atoms.